The number of azide groups is 1. The molecule has 13 nitrogen and oxygen atoms in total. The minimum atomic E-state index is -4.21. The van der Waals surface area contributed by atoms with Gasteiger partial charge in [-0.2, -0.15) is 0 Å². The van der Waals surface area contributed by atoms with Gasteiger partial charge in [0.2, 0.25) is 5.72 Å². The second-order valence-electron chi connectivity index (χ2n) is 6.32. The molecule has 0 spiro atoms. The molecule has 0 amide bonds. The molecule has 30 heavy (non-hydrogen) atoms. The minimum absolute atomic E-state index is 0.147. The van der Waals surface area contributed by atoms with Gasteiger partial charge in [-0.05, 0) is 12.5 Å². The number of H-pyrrole nitrogens is 1. The largest absolute Gasteiger partial charge is 0.530 e. The number of ether oxygens (including phenoxy) is 1. The third kappa shape index (κ3) is 3.97. The maximum Gasteiger partial charge on any atom is 0.530 e. The lowest BCUT2D eigenvalue weighted by Gasteiger charge is -2.30. The number of nitrogens with zero attached hydrogens (tertiary/aromatic N) is 4. The fourth-order valence-corrected chi connectivity index (χ4v) is 4.11. The monoisotopic (exact) mass is 445 g/mol. The van der Waals surface area contributed by atoms with Crippen LogP contribution in [0, 0.1) is 0 Å². The lowest BCUT2D eigenvalue weighted by atomic mass is 10.1. The van der Waals surface area contributed by atoms with Crippen molar-refractivity contribution in [1.29, 1.82) is 0 Å². The number of halogens is 1. The number of aromatic nitrogens is 2. The molecule has 1 fully saturated rings. The van der Waals surface area contributed by atoms with Crippen LogP contribution in [0.2, 0.25) is 0 Å². The number of allylic oxidation sites excluding steroid dienone is 1. The zero-order valence-electron chi connectivity index (χ0n) is 15.5. The summed E-state index contributed by atoms with van der Waals surface area (Å²) in [6, 6.07) is 0.933. The minimum Gasteiger partial charge on any atom is -0.408 e. The van der Waals surface area contributed by atoms with E-state index in [9.17, 15) is 23.7 Å². The van der Waals surface area contributed by atoms with Crippen LogP contribution in [-0.4, -0.2) is 45.9 Å². The highest BCUT2D eigenvalue weighted by atomic mass is 31.2. The number of phosphoric ester groups is 1. The van der Waals surface area contributed by atoms with Crippen LogP contribution in [0.1, 0.15) is 13.2 Å². The third-order valence-electron chi connectivity index (χ3n) is 4.46. The molecule has 0 radical (unpaired) electrons. The van der Waals surface area contributed by atoms with E-state index in [4.69, 9.17) is 23.8 Å². The molecule has 3 heterocycles. The molecule has 2 aliphatic rings. The Balaban J connectivity index is 1.87. The fourth-order valence-electron chi connectivity index (χ4n) is 2.83. The highest BCUT2D eigenvalue weighted by molar-refractivity contribution is 7.48. The summed E-state index contributed by atoms with van der Waals surface area (Å²) < 4.78 is 48.7. The first kappa shape index (κ1) is 22.0. The summed E-state index contributed by atoms with van der Waals surface area (Å²) in [6.07, 6.45) is -3.79. The van der Waals surface area contributed by atoms with Crippen LogP contribution in [0.25, 0.3) is 10.4 Å². The third-order valence-corrected chi connectivity index (χ3v) is 5.84. The molecule has 0 aliphatic carbocycles. The molecule has 1 aromatic rings. The molecule has 162 valence electrons. The van der Waals surface area contributed by atoms with Crippen molar-refractivity contribution in [2.45, 2.75) is 31.2 Å². The second-order valence-corrected chi connectivity index (χ2v) is 7.91. The van der Waals surface area contributed by atoms with E-state index in [-0.39, 0.29) is 12.4 Å². The summed E-state index contributed by atoms with van der Waals surface area (Å²) >= 11 is 0. The highest BCUT2D eigenvalue weighted by Crippen LogP contribution is 2.56. The first-order chi connectivity index (χ1) is 14.1. The van der Waals surface area contributed by atoms with Gasteiger partial charge in [0.15, 0.2) is 12.4 Å². The van der Waals surface area contributed by atoms with Gasteiger partial charge >= 0.3 is 13.5 Å². The Morgan fingerprint density at radius 1 is 1.63 bits per heavy atom. The van der Waals surface area contributed by atoms with E-state index in [1.807, 2.05) is 4.98 Å². The Morgan fingerprint density at radius 3 is 2.97 bits per heavy atom. The number of alkyl halides is 1. The predicted octanol–water partition coefficient (Wildman–Crippen LogP) is 1.40. The Kier molecular flexibility index (Phi) is 5.99. The number of phosphoric acid groups is 1. The molecule has 0 aromatic carbocycles. The van der Waals surface area contributed by atoms with Crippen LogP contribution in [0.15, 0.2) is 51.0 Å². The normalized spacial score (nSPS) is 33.6. The van der Waals surface area contributed by atoms with Gasteiger partial charge in [-0.1, -0.05) is 17.8 Å². The maximum absolute atomic E-state index is 14.8. The first-order valence-corrected chi connectivity index (χ1v) is 9.89. The van der Waals surface area contributed by atoms with Crippen molar-refractivity contribution in [2.24, 2.45) is 5.11 Å². The van der Waals surface area contributed by atoms with E-state index in [1.54, 1.807) is 0 Å². The van der Waals surface area contributed by atoms with Crippen LogP contribution in [0.3, 0.4) is 0 Å². The number of hydrogen-bond acceptors (Lipinski definition) is 9. The van der Waals surface area contributed by atoms with E-state index in [0.717, 1.165) is 12.3 Å². The van der Waals surface area contributed by atoms with Crippen molar-refractivity contribution in [2.75, 3.05) is 13.2 Å². The lowest BCUT2D eigenvalue weighted by Crippen LogP contribution is -2.44. The molecule has 1 saturated heterocycles. The van der Waals surface area contributed by atoms with Crippen molar-refractivity contribution in [3.8, 4) is 0 Å². The number of rotatable bonds is 6. The van der Waals surface area contributed by atoms with Gasteiger partial charge in [0, 0.05) is 22.7 Å². The molecule has 2 N–H and O–H groups in total. The molecule has 1 aromatic heterocycles. The number of aliphatic hydroxyl groups is 1. The first-order valence-electron chi connectivity index (χ1n) is 8.43. The average molecular weight is 445 g/mol. The van der Waals surface area contributed by atoms with Crippen molar-refractivity contribution < 1.29 is 32.4 Å². The summed E-state index contributed by atoms with van der Waals surface area (Å²) in [5.41, 5.74) is 5.23. The summed E-state index contributed by atoms with van der Waals surface area (Å²) in [5, 5.41) is 13.6. The van der Waals surface area contributed by atoms with Crippen LogP contribution in [0.4, 0.5) is 4.39 Å². The van der Waals surface area contributed by atoms with Crippen molar-refractivity contribution in [3.63, 3.8) is 0 Å². The van der Waals surface area contributed by atoms with Gasteiger partial charge in [0.1, 0.15) is 11.9 Å². The van der Waals surface area contributed by atoms with Gasteiger partial charge in [-0.15, -0.1) is 0 Å². The van der Waals surface area contributed by atoms with Crippen LogP contribution >= 0.6 is 7.82 Å². The summed E-state index contributed by atoms with van der Waals surface area (Å²) in [6.45, 7) is 3.97. The van der Waals surface area contributed by atoms with Gasteiger partial charge in [-0.3, -0.25) is 23.4 Å². The summed E-state index contributed by atoms with van der Waals surface area (Å²) in [4.78, 5) is 27.6. The van der Waals surface area contributed by atoms with E-state index in [1.165, 1.54) is 13.0 Å². The smallest absolute Gasteiger partial charge is 0.408 e. The zero-order valence-corrected chi connectivity index (χ0v) is 16.4. The van der Waals surface area contributed by atoms with E-state index >= 15 is 0 Å². The molecule has 0 bridgehead atoms. The number of aliphatic hydroxyl groups excluding tert-OH is 1. The molecule has 3 rings (SSSR count). The topological polar surface area (TPSA) is 178 Å². The molecule has 0 saturated carbocycles. The average Bonchev–Trinajstić information content (AvgIpc) is 2.93. The number of aromatic amines is 1. The molecule has 1 unspecified atom stereocenters. The van der Waals surface area contributed by atoms with Crippen molar-refractivity contribution in [1.82, 2.24) is 9.55 Å². The highest BCUT2D eigenvalue weighted by Gasteiger charge is 2.57. The molecule has 15 heteroatoms. The lowest BCUT2D eigenvalue weighted by molar-refractivity contribution is -0.123. The fraction of sp³-hybridized carbons (Fsp3) is 0.467. The number of hydrogen-bond donors (Lipinski definition) is 2. The Bertz CT molecular complexity index is 1090. The molecule has 2 aliphatic heterocycles. The maximum atomic E-state index is 14.8. The van der Waals surface area contributed by atoms with Gasteiger partial charge in [-0.25, -0.2) is 13.8 Å². The van der Waals surface area contributed by atoms with E-state index < -0.39 is 49.9 Å². The number of nitrogens with one attached hydrogen (secondary N) is 1. The van der Waals surface area contributed by atoms with Gasteiger partial charge in [0.25, 0.3) is 5.56 Å². The molecule has 5 atom stereocenters. The van der Waals surface area contributed by atoms with Crippen molar-refractivity contribution >= 4 is 7.82 Å². The summed E-state index contributed by atoms with van der Waals surface area (Å²) in [7, 11) is -4.21. The van der Waals surface area contributed by atoms with Crippen molar-refractivity contribution in [3.05, 3.63) is 67.5 Å². The Morgan fingerprint density at radius 2 is 2.37 bits per heavy atom. The predicted molar refractivity (Wildman–Crippen MR) is 97.7 cm³/mol. The van der Waals surface area contributed by atoms with Gasteiger partial charge in [0.05, 0.1) is 13.2 Å². The molecular weight excluding hydrogens is 428 g/mol. The Labute approximate surface area is 167 Å². The SMILES string of the molecule is C=CC1=C(C)OP(=O)(OC[C@@]2(N=[N+]=[N-])O[C@@H](n3ccc(=O)[nH]c3=O)[C@H](F)[C@@H]2O)OC1. The Hall–Kier alpha value is -2.73. The van der Waals surface area contributed by atoms with Crippen LogP contribution in [-0.2, 0) is 22.9 Å². The van der Waals surface area contributed by atoms with Crippen LogP contribution in [0.5, 0.6) is 0 Å². The molecular formula is C15H17FN5O8P. The van der Waals surface area contributed by atoms with Gasteiger partial charge < -0.3 is 14.4 Å². The second kappa shape index (κ2) is 8.19. The zero-order chi connectivity index (χ0) is 22.1. The van der Waals surface area contributed by atoms with E-state index in [2.05, 4.69) is 16.6 Å². The van der Waals surface area contributed by atoms with Crippen LogP contribution < -0.4 is 11.2 Å². The standard InChI is InChI=1S/C15H17FN5O8P/c1-3-9-6-26-30(25,29-8(9)2)27-7-15(19-20-17)12(23)11(16)13(28-15)21-5-4-10(22)18-14(21)24/h3-5,11-13,23H,1,6-7H2,2H3,(H,18,22,24)/t11-,12+,13-,15-,30?/m1/s1. The quantitative estimate of drug-likeness (QED) is 0.285. The van der Waals surface area contributed by atoms with E-state index in [0.29, 0.717) is 10.1 Å². The summed E-state index contributed by atoms with van der Waals surface area (Å²) in [5.74, 6) is 0.214.